The Morgan fingerprint density at radius 2 is 1.68 bits per heavy atom. The SMILES string of the molecule is CC1=CC=C2CN(S(=O)(=O)c3ccc(Br)cc3)C(=O)[C@@]2(c2ccccc2)C=C1. The van der Waals surface area contributed by atoms with Crippen LogP contribution in [0.3, 0.4) is 0 Å². The van der Waals surface area contributed by atoms with E-state index in [1.165, 1.54) is 12.1 Å². The van der Waals surface area contributed by atoms with Crippen molar-refractivity contribution in [3.8, 4) is 0 Å². The van der Waals surface area contributed by atoms with Gasteiger partial charge in [-0.05, 0) is 42.3 Å². The molecule has 1 saturated heterocycles. The summed E-state index contributed by atoms with van der Waals surface area (Å²) >= 11 is 3.31. The zero-order valence-electron chi connectivity index (χ0n) is 15.2. The van der Waals surface area contributed by atoms with E-state index in [4.69, 9.17) is 0 Å². The average molecular weight is 456 g/mol. The lowest BCUT2D eigenvalue weighted by Gasteiger charge is -2.26. The zero-order chi connectivity index (χ0) is 19.9. The standard InChI is InChI=1S/C22H18BrNO3S/c1-16-7-8-18-15-24(28(26,27)20-11-9-19(23)10-12-20)21(25)22(18,14-13-16)17-5-3-2-4-6-17/h2-14H,15H2,1H3/t22-/m1/s1. The first kappa shape index (κ1) is 18.9. The van der Waals surface area contributed by atoms with Gasteiger partial charge in [-0.25, -0.2) is 12.7 Å². The summed E-state index contributed by atoms with van der Waals surface area (Å²) in [5, 5.41) is 0. The molecule has 0 N–H and O–H groups in total. The summed E-state index contributed by atoms with van der Waals surface area (Å²) in [6, 6.07) is 15.7. The van der Waals surface area contributed by atoms with Crippen LogP contribution in [-0.2, 0) is 20.2 Å². The molecule has 1 heterocycles. The van der Waals surface area contributed by atoms with Gasteiger partial charge >= 0.3 is 0 Å². The number of hydrogen-bond acceptors (Lipinski definition) is 3. The number of halogens is 1. The smallest absolute Gasteiger partial charge is 0.266 e. The molecule has 0 unspecified atom stereocenters. The highest BCUT2D eigenvalue weighted by atomic mass is 79.9. The Bertz CT molecular complexity index is 1130. The van der Waals surface area contributed by atoms with Crippen molar-refractivity contribution >= 4 is 31.9 Å². The third-order valence-electron chi connectivity index (χ3n) is 5.16. The highest BCUT2D eigenvalue weighted by Gasteiger charge is 2.53. The number of rotatable bonds is 3. The molecule has 1 amide bonds. The molecule has 2 aliphatic rings. The predicted octanol–water partition coefficient (Wildman–Crippen LogP) is 4.36. The van der Waals surface area contributed by atoms with Crippen molar-refractivity contribution in [1.82, 2.24) is 4.31 Å². The van der Waals surface area contributed by atoms with Crippen molar-refractivity contribution in [2.45, 2.75) is 17.2 Å². The van der Waals surface area contributed by atoms with Crippen molar-refractivity contribution in [3.63, 3.8) is 0 Å². The van der Waals surface area contributed by atoms with Crippen LogP contribution in [0.5, 0.6) is 0 Å². The highest BCUT2D eigenvalue weighted by molar-refractivity contribution is 9.10. The first-order chi connectivity index (χ1) is 13.4. The lowest BCUT2D eigenvalue weighted by Crippen LogP contribution is -2.40. The molecule has 0 aromatic heterocycles. The lowest BCUT2D eigenvalue weighted by atomic mass is 9.75. The molecule has 0 bridgehead atoms. The number of hydrogen-bond donors (Lipinski definition) is 0. The van der Waals surface area contributed by atoms with Gasteiger partial charge in [0.15, 0.2) is 0 Å². The van der Waals surface area contributed by atoms with Crippen LogP contribution in [0.4, 0.5) is 0 Å². The lowest BCUT2D eigenvalue weighted by molar-refractivity contribution is -0.126. The van der Waals surface area contributed by atoms with E-state index in [2.05, 4.69) is 15.9 Å². The topological polar surface area (TPSA) is 54.5 Å². The quantitative estimate of drug-likeness (QED) is 0.690. The van der Waals surface area contributed by atoms with Crippen LogP contribution >= 0.6 is 15.9 Å². The molecule has 0 saturated carbocycles. The van der Waals surface area contributed by atoms with E-state index in [0.717, 1.165) is 25.5 Å². The number of sulfonamides is 1. The van der Waals surface area contributed by atoms with Gasteiger partial charge < -0.3 is 0 Å². The molecule has 28 heavy (non-hydrogen) atoms. The van der Waals surface area contributed by atoms with E-state index < -0.39 is 21.3 Å². The fourth-order valence-electron chi connectivity index (χ4n) is 3.63. The number of nitrogens with zero attached hydrogens (tertiary/aromatic N) is 1. The van der Waals surface area contributed by atoms with Gasteiger partial charge in [-0.3, -0.25) is 4.79 Å². The van der Waals surface area contributed by atoms with Gasteiger partial charge in [-0.15, -0.1) is 0 Å². The molecule has 142 valence electrons. The Morgan fingerprint density at radius 1 is 1.00 bits per heavy atom. The fraction of sp³-hybridized carbons (Fsp3) is 0.136. The van der Waals surface area contributed by atoms with Crippen molar-refractivity contribution in [2.75, 3.05) is 6.54 Å². The molecule has 0 spiro atoms. The second-order valence-corrected chi connectivity index (χ2v) is 9.66. The summed E-state index contributed by atoms with van der Waals surface area (Å²) in [4.78, 5) is 13.7. The Morgan fingerprint density at radius 3 is 2.36 bits per heavy atom. The van der Waals surface area contributed by atoms with E-state index in [1.807, 2.05) is 61.6 Å². The van der Waals surface area contributed by atoms with E-state index in [-0.39, 0.29) is 11.4 Å². The van der Waals surface area contributed by atoms with Crippen molar-refractivity contribution < 1.29 is 13.2 Å². The fourth-order valence-corrected chi connectivity index (χ4v) is 5.30. The molecule has 1 aliphatic carbocycles. The van der Waals surface area contributed by atoms with Gasteiger partial charge in [0.1, 0.15) is 5.41 Å². The minimum absolute atomic E-state index is 0.0280. The monoisotopic (exact) mass is 455 g/mol. The van der Waals surface area contributed by atoms with Crippen molar-refractivity contribution in [2.24, 2.45) is 0 Å². The summed E-state index contributed by atoms with van der Waals surface area (Å²) < 4.78 is 28.3. The van der Waals surface area contributed by atoms with E-state index in [1.54, 1.807) is 12.1 Å². The maximum absolute atomic E-state index is 13.6. The molecule has 1 aliphatic heterocycles. The van der Waals surface area contributed by atoms with E-state index in [0.29, 0.717) is 0 Å². The third-order valence-corrected chi connectivity index (χ3v) is 7.43. The van der Waals surface area contributed by atoms with Crippen LogP contribution in [0.15, 0.2) is 99.4 Å². The molecule has 2 aromatic rings. The van der Waals surface area contributed by atoms with Gasteiger partial charge in [0.2, 0.25) is 0 Å². The predicted molar refractivity (Wildman–Crippen MR) is 112 cm³/mol. The summed E-state index contributed by atoms with van der Waals surface area (Å²) in [5.74, 6) is -0.452. The summed E-state index contributed by atoms with van der Waals surface area (Å²) in [7, 11) is -3.97. The van der Waals surface area contributed by atoms with Crippen molar-refractivity contribution in [1.29, 1.82) is 0 Å². The van der Waals surface area contributed by atoms with Crippen LogP contribution in [0, 0.1) is 0 Å². The first-order valence-electron chi connectivity index (χ1n) is 8.81. The Kier molecular flexibility index (Phi) is 4.63. The number of amides is 1. The van der Waals surface area contributed by atoms with Crippen LogP contribution in [0.2, 0.25) is 0 Å². The number of allylic oxidation sites excluding steroid dienone is 4. The Hall–Kier alpha value is -2.44. The number of fused-ring (bicyclic) bond motifs is 1. The second kappa shape index (κ2) is 6.87. The normalized spacial score (nSPS) is 21.8. The van der Waals surface area contributed by atoms with Crippen LogP contribution in [0.25, 0.3) is 0 Å². The summed E-state index contributed by atoms with van der Waals surface area (Å²) in [5.41, 5.74) is 1.40. The molecule has 1 atom stereocenters. The highest BCUT2D eigenvalue weighted by Crippen LogP contribution is 2.44. The molecular weight excluding hydrogens is 438 g/mol. The van der Waals surface area contributed by atoms with Crippen LogP contribution < -0.4 is 0 Å². The molecule has 6 heteroatoms. The zero-order valence-corrected chi connectivity index (χ0v) is 17.6. The summed E-state index contributed by atoms with van der Waals surface area (Å²) in [6.07, 6.45) is 7.49. The Balaban J connectivity index is 1.88. The van der Waals surface area contributed by atoms with Crippen molar-refractivity contribution in [3.05, 3.63) is 100 Å². The molecular formula is C22H18BrNO3S. The molecule has 0 radical (unpaired) electrons. The minimum atomic E-state index is -3.97. The molecule has 4 nitrogen and oxygen atoms in total. The van der Waals surface area contributed by atoms with Gasteiger partial charge in [-0.1, -0.05) is 76.1 Å². The van der Waals surface area contributed by atoms with Gasteiger partial charge in [0.05, 0.1) is 11.4 Å². The largest absolute Gasteiger partial charge is 0.272 e. The van der Waals surface area contributed by atoms with Crippen LogP contribution in [-0.4, -0.2) is 25.2 Å². The average Bonchev–Trinajstić information content (AvgIpc) is 2.87. The van der Waals surface area contributed by atoms with Gasteiger partial charge in [0.25, 0.3) is 15.9 Å². The van der Waals surface area contributed by atoms with E-state index >= 15 is 0 Å². The second-order valence-electron chi connectivity index (χ2n) is 6.88. The molecule has 1 fully saturated rings. The minimum Gasteiger partial charge on any atom is -0.272 e. The summed E-state index contributed by atoms with van der Waals surface area (Å²) in [6.45, 7) is 1.98. The van der Waals surface area contributed by atoms with Gasteiger partial charge in [-0.2, -0.15) is 0 Å². The maximum Gasteiger partial charge on any atom is 0.266 e. The maximum atomic E-state index is 13.6. The van der Waals surface area contributed by atoms with Crippen LogP contribution in [0.1, 0.15) is 12.5 Å². The number of benzene rings is 2. The first-order valence-corrected chi connectivity index (χ1v) is 11.0. The number of carbonyl (C=O) groups is 1. The molecule has 4 rings (SSSR count). The van der Waals surface area contributed by atoms with Gasteiger partial charge in [0, 0.05) is 4.47 Å². The third kappa shape index (κ3) is 2.88. The Labute approximate surface area is 173 Å². The van der Waals surface area contributed by atoms with E-state index in [9.17, 15) is 13.2 Å². The number of carbonyl (C=O) groups excluding carboxylic acids is 1. The molecule has 2 aromatic carbocycles.